The van der Waals surface area contributed by atoms with Gasteiger partial charge in [0.15, 0.2) is 0 Å². The SMILES string of the molecule is CCc1ccc2cc(C(=O)N3CCCC(C)C3)[nH]c2c1. The van der Waals surface area contributed by atoms with E-state index in [0.717, 1.165) is 42.5 Å². The van der Waals surface area contributed by atoms with Crippen LogP contribution >= 0.6 is 0 Å². The Morgan fingerprint density at radius 1 is 1.40 bits per heavy atom. The number of piperidine rings is 1. The van der Waals surface area contributed by atoms with E-state index in [0.29, 0.717) is 5.92 Å². The molecule has 0 saturated carbocycles. The zero-order chi connectivity index (χ0) is 14.1. The maximum Gasteiger partial charge on any atom is 0.270 e. The number of H-pyrrole nitrogens is 1. The second-order valence-electron chi connectivity index (χ2n) is 5.96. The number of fused-ring (bicyclic) bond motifs is 1. The average molecular weight is 270 g/mol. The summed E-state index contributed by atoms with van der Waals surface area (Å²) in [6.07, 6.45) is 3.37. The van der Waals surface area contributed by atoms with Gasteiger partial charge in [-0.3, -0.25) is 4.79 Å². The quantitative estimate of drug-likeness (QED) is 0.889. The summed E-state index contributed by atoms with van der Waals surface area (Å²) in [5, 5.41) is 1.12. The first kappa shape index (κ1) is 13.2. The highest BCUT2D eigenvalue weighted by molar-refractivity contribution is 5.98. The van der Waals surface area contributed by atoms with Gasteiger partial charge in [0.25, 0.3) is 5.91 Å². The highest BCUT2D eigenvalue weighted by atomic mass is 16.2. The molecule has 0 bridgehead atoms. The number of nitrogens with one attached hydrogen (secondary N) is 1. The van der Waals surface area contributed by atoms with Gasteiger partial charge in [-0.05, 0) is 42.9 Å². The van der Waals surface area contributed by atoms with Crippen LogP contribution in [0.4, 0.5) is 0 Å². The topological polar surface area (TPSA) is 36.1 Å². The third-order valence-corrected chi connectivity index (χ3v) is 4.27. The molecule has 2 aromatic rings. The molecule has 3 rings (SSSR count). The van der Waals surface area contributed by atoms with Crippen molar-refractivity contribution in [1.82, 2.24) is 9.88 Å². The number of amides is 1. The summed E-state index contributed by atoms with van der Waals surface area (Å²) in [5.41, 5.74) is 3.09. The van der Waals surface area contributed by atoms with E-state index in [2.05, 4.69) is 37.0 Å². The summed E-state index contributed by atoms with van der Waals surface area (Å²) in [6.45, 7) is 6.14. The summed E-state index contributed by atoms with van der Waals surface area (Å²) >= 11 is 0. The number of nitrogens with zero attached hydrogens (tertiary/aromatic N) is 1. The smallest absolute Gasteiger partial charge is 0.270 e. The van der Waals surface area contributed by atoms with Crippen LogP contribution in [0, 0.1) is 5.92 Å². The molecule has 0 spiro atoms. The zero-order valence-electron chi connectivity index (χ0n) is 12.3. The molecule has 0 radical (unpaired) electrons. The van der Waals surface area contributed by atoms with Crippen LogP contribution in [0.1, 0.15) is 42.7 Å². The standard InChI is InChI=1S/C17H22N2O/c1-3-13-6-7-14-10-16(18-15(14)9-13)17(20)19-8-4-5-12(2)11-19/h6-7,9-10,12,18H,3-5,8,11H2,1-2H3. The Balaban J connectivity index is 1.87. The summed E-state index contributed by atoms with van der Waals surface area (Å²) in [5.74, 6) is 0.759. The van der Waals surface area contributed by atoms with Crippen LogP contribution in [0.15, 0.2) is 24.3 Å². The van der Waals surface area contributed by atoms with E-state index in [9.17, 15) is 4.79 Å². The molecule has 1 aromatic heterocycles. The lowest BCUT2D eigenvalue weighted by Crippen LogP contribution is -2.39. The van der Waals surface area contributed by atoms with Crippen LogP contribution in [0.25, 0.3) is 10.9 Å². The largest absolute Gasteiger partial charge is 0.351 e. The third-order valence-electron chi connectivity index (χ3n) is 4.27. The summed E-state index contributed by atoms with van der Waals surface area (Å²) in [4.78, 5) is 17.8. The van der Waals surface area contributed by atoms with Crippen molar-refractivity contribution in [3.63, 3.8) is 0 Å². The number of hydrogen-bond donors (Lipinski definition) is 1. The predicted octanol–water partition coefficient (Wildman–Crippen LogP) is 3.60. The number of benzene rings is 1. The maximum atomic E-state index is 12.6. The Hall–Kier alpha value is -1.77. The van der Waals surface area contributed by atoms with Crippen molar-refractivity contribution in [1.29, 1.82) is 0 Å². The van der Waals surface area contributed by atoms with Crippen molar-refractivity contribution in [2.45, 2.75) is 33.1 Å². The first-order valence-corrected chi connectivity index (χ1v) is 7.58. The van der Waals surface area contributed by atoms with E-state index >= 15 is 0 Å². The second kappa shape index (κ2) is 5.31. The molecule has 3 heteroatoms. The second-order valence-corrected chi connectivity index (χ2v) is 5.96. The number of hydrogen-bond acceptors (Lipinski definition) is 1. The molecule has 1 atom stereocenters. The van der Waals surface area contributed by atoms with E-state index in [4.69, 9.17) is 0 Å². The molecule has 1 aliphatic rings. The van der Waals surface area contributed by atoms with E-state index in [-0.39, 0.29) is 5.91 Å². The molecule has 20 heavy (non-hydrogen) atoms. The van der Waals surface area contributed by atoms with Crippen molar-refractivity contribution >= 4 is 16.8 Å². The Morgan fingerprint density at radius 3 is 3.00 bits per heavy atom. The number of carbonyl (C=O) groups excluding carboxylic acids is 1. The number of rotatable bonds is 2. The first-order valence-electron chi connectivity index (χ1n) is 7.58. The fraction of sp³-hybridized carbons (Fsp3) is 0.471. The zero-order valence-corrected chi connectivity index (χ0v) is 12.3. The molecular formula is C17H22N2O. The predicted molar refractivity (Wildman–Crippen MR) is 82.0 cm³/mol. The van der Waals surface area contributed by atoms with Crippen LogP contribution in [-0.4, -0.2) is 28.9 Å². The van der Waals surface area contributed by atoms with Gasteiger partial charge in [-0.2, -0.15) is 0 Å². The highest BCUT2D eigenvalue weighted by Gasteiger charge is 2.23. The van der Waals surface area contributed by atoms with Gasteiger partial charge < -0.3 is 9.88 Å². The van der Waals surface area contributed by atoms with Crippen molar-refractivity contribution in [2.75, 3.05) is 13.1 Å². The third kappa shape index (κ3) is 2.45. The van der Waals surface area contributed by atoms with Crippen molar-refractivity contribution in [3.8, 4) is 0 Å². The number of carbonyl (C=O) groups is 1. The average Bonchev–Trinajstić information content (AvgIpc) is 2.89. The van der Waals surface area contributed by atoms with Gasteiger partial charge in [-0.25, -0.2) is 0 Å². The lowest BCUT2D eigenvalue weighted by molar-refractivity contribution is 0.0678. The van der Waals surface area contributed by atoms with Crippen LogP contribution in [-0.2, 0) is 6.42 Å². The number of likely N-dealkylation sites (tertiary alicyclic amines) is 1. The van der Waals surface area contributed by atoms with Crippen LogP contribution < -0.4 is 0 Å². The molecule has 1 unspecified atom stereocenters. The first-order chi connectivity index (χ1) is 9.67. The van der Waals surface area contributed by atoms with Gasteiger partial charge in [0.1, 0.15) is 5.69 Å². The summed E-state index contributed by atoms with van der Waals surface area (Å²) < 4.78 is 0. The normalized spacial score (nSPS) is 19.5. The molecule has 1 aliphatic heterocycles. The molecule has 1 N–H and O–H groups in total. The van der Waals surface area contributed by atoms with Gasteiger partial charge >= 0.3 is 0 Å². The minimum Gasteiger partial charge on any atom is -0.351 e. The molecule has 1 fully saturated rings. The van der Waals surface area contributed by atoms with E-state index in [1.165, 1.54) is 12.0 Å². The van der Waals surface area contributed by atoms with E-state index < -0.39 is 0 Å². The number of aryl methyl sites for hydroxylation is 1. The molecule has 1 amide bonds. The van der Waals surface area contributed by atoms with Gasteiger partial charge in [0, 0.05) is 24.0 Å². The minimum atomic E-state index is 0.144. The van der Waals surface area contributed by atoms with Crippen LogP contribution in [0.5, 0.6) is 0 Å². The van der Waals surface area contributed by atoms with Gasteiger partial charge in [-0.15, -0.1) is 0 Å². The minimum absolute atomic E-state index is 0.144. The Bertz CT molecular complexity index is 629. The fourth-order valence-electron chi connectivity index (χ4n) is 3.05. The van der Waals surface area contributed by atoms with E-state index in [1.54, 1.807) is 0 Å². The van der Waals surface area contributed by atoms with Gasteiger partial charge in [0.2, 0.25) is 0 Å². The monoisotopic (exact) mass is 270 g/mol. The molecule has 0 aliphatic carbocycles. The number of aromatic nitrogens is 1. The number of aromatic amines is 1. The molecular weight excluding hydrogens is 248 g/mol. The van der Waals surface area contributed by atoms with E-state index in [1.807, 2.05) is 11.0 Å². The lowest BCUT2D eigenvalue weighted by atomic mass is 10.00. The van der Waals surface area contributed by atoms with Gasteiger partial charge in [-0.1, -0.05) is 26.0 Å². The molecule has 1 aromatic carbocycles. The van der Waals surface area contributed by atoms with Crippen molar-refractivity contribution < 1.29 is 4.79 Å². The molecule has 1 saturated heterocycles. The lowest BCUT2D eigenvalue weighted by Gasteiger charge is -2.30. The molecule has 3 nitrogen and oxygen atoms in total. The Morgan fingerprint density at radius 2 is 2.25 bits per heavy atom. The maximum absolute atomic E-state index is 12.6. The molecule has 106 valence electrons. The van der Waals surface area contributed by atoms with Crippen molar-refractivity contribution in [2.24, 2.45) is 5.92 Å². The summed E-state index contributed by atoms with van der Waals surface area (Å²) in [7, 11) is 0. The Labute approximate surface area is 120 Å². The Kier molecular flexibility index (Phi) is 3.51. The summed E-state index contributed by atoms with van der Waals surface area (Å²) in [6, 6.07) is 8.36. The molecule has 2 heterocycles. The fourth-order valence-corrected chi connectivity index (χ4v) is 3.05. The highest BCUT2D eigenvalue weighted by Crippen LogP contribution is 2.21. The van der Waals surface area contributed by atoms with Crippen LogP contribution in [0.2, 0.25) is 0 Å². The van der Waals surface area contributed by atoms with Gasteiger partial charge in [0.05, 0.1) is 0 Å². The van der Waals surface area contributed by atoms with Crippen LogP contribution in [0.3, 0.4) is 0 Å². The van der Waals surface area contributed by atoms with Crippen molar-refractivity contribution in [3.05, 3.63) is 35.5 Å².